The average Bonchev–Trinajstić information content (AvgIpc) is 2.98. The Kier molecular flexibility index (Phi) is 2.23. The van der Waals surface area contributed by atoms with Gasteiger partial charge in [0.15, 0.2) is 0 Å². The number of carbonyl (C=O) groups is 1. The first-order chi connectivity index (χ1) is 6.72. The van der Waals surface area contributed by atoms with Gasteiger partial charge < -0.3 is 4.74 Å². The molecule has 74 valence electrons. The molecule has 1 aliphatic carbocycles. The van der Waals surface area contributed by atoms with E-state index in [1.807, 2.05) is 0 Å². The Labute approximate surface area is 81.7 Å². The predicted octanol–water partition coefficient (Wildman–Crippen LogP) is 2.10. The van der Waals surface area contributed by atoms with Crippen molar-refractivity contribution in [2.45, 2.75) is 12.3 Å². The summed E-state index contributed by atoms with van der Waals surface area (Å²) in [7, 11) is 1.39. The molecule has 3 heteroatoms. The van der Waals surface area contributed by atoms with E-state index in [9.17, 15) is 9.18 Å². The molecular formula is C11H11FO2. The molecule has 0 aromatic heterocycles. The van der Waals surface area contributed by atoms with Gasteiger partial charge in [0.2, 0.25) is 0 Å². The summed E-state index contributed by atoms with van der Waals surface area (Å²) in [5.41, 5.74) is 1.02. The molecule has 2 rings (SSSR count). The van der Waals surface area contributed by atoms with Crippen LogP contribution in [-0.2, 0) is 9.53 Å². The predicted molar refractivity (Wildman–Crippen MR) is 49.3 cm³/mol. The monoisotopic (exact) mass is 194 g/mol. The van der Waals surface area contributed by atoms with E-state index in [2.05, 4.69) is 4.74 Å². The molecule has 0 aliphatic heterocycles. The summed E-state index contributed by atoms with van der Waals surface area (Å²) >= 11 is 0. The topological polar surface area (TPSA) is 26.3 Å². The molecule has 1 fully saturated rings. The van der Waals surface area contributed by atoms with Gasteiger partial charge >= 0.3 is 5.97 Å². The summed E-state index contributed by atoms with van der Waals surface area (Å²) in [6.45, 7) is 0. The molecular weight excluding hydrogens is 183 g/mol. The van der Waals surface area contributed by atoms with Crippen molar-refractivity contribution in [3.8, 4) is 0 Å². The lowest BCUT2D eigenvalue weighted by molar-refractivity contribution is -0.142. The number of hydrogen-bond donors (Lipinski definition) is 0. The van der Waals surface area contributed by atoms with Crippen molar-refractivity contribution in [2.24, 2.45) is 5.92 Å². The second-order valence-corrected chi connectivity index (χ2v) is 3.52. The highest BCUT2D eigenvalue weighted by Crippen LogP contribution is 2.47. The van der Waals surface area contributed by atoms with Crippen LogP contribution in [0.3, 0.4) is 0 Å². The van der Waals surface area contributed by atoms with E-state index in [0.29, 0.717) is 0 Å². The molecule has 0 N–H and O–H groups in total. The van der Waals surface area contributed by atoms with Crippen molar-refractivity contribution in [1.29, 1.82) is 0 Å². The van der Waals surface area contributed by atoms with E-state index < -0.39 is 0 Å². The standard InChI is InChI=1S/C11H11FO2/c1-14-11(13)10-6-9(10)7-2-4-8(12)5-3-7/h2-5,9-10H,6H2,1H3/t9-,10-/m0/s1. The minimum atomic E-state index is -0.246. The van der Waals surface area contributed by atoms with Crippen LogP contribution >= 0.6 is 0 Å². The Bertz CT molecular complexity index is 345. The average molecular weight is 194 g/mol. The van der Waals surface area contributed by atoms with Crippen LogP contribution in [0.5, 0.6) is 0 Å². The molecule has 1 aromatic carbocycles. The van der Waals surface area contributed by atoms with Gasteiger partial charge in [-0.1, -0.05) is 12.1 Å². The van der Waals surface area contributed by atoms with E-state index in [1.54, 1.807) is 12.1 Å². The lowest BCUT2D eigenvalue weighted by Crippen LogP contribution is -2.03. The van der Waals surface area contributed by atoms with Gasteiger partial charge in [0.05, 0.1) is 13.0 Å². The lowest BCUT2D eigenvalue weighted by Gasteiger charge is -1.99. The number of ether oxygens (including phenoxy) is 1. The van der Waals surface area contributed by atoms with E-state index in [0.717, 1.165) is 12.0 Å². The molecule has 14 heavy (non-hydrogen) atoms. The number of rotatable bonds is 2. The van der Waals surface area contributed by atoms with Crippen LogP contribution < -0.4 is 0 Å². The summed E-state index contributed by atoms with van der Waals surface area (Å²) in [5, 5.41) is 0. The van der Waals surface area contributed by atoms with Crippen molar-refractivity contribution >= 4 is 5.97 Å². The molecule has 0 radical (unpaired) electrons. The molecule has 0 spiro atoms. The van der Waals surface area contributed by atoms with E-state index >= 15 is 0 Å². The molecule has 1 aliphatic rings. The number of halogens is 1. The molecule has 2 atom stereocenters. The maximum atomic E-state index is 12.6. The van der Waals surface area contributed by atoms with E-state index in [4.69, 9.17) is 0 Å². The smallest absolute Gasteiger partial charge is 0.309 e. The van der Waals surface area contributed by atoms with Gasteiger partial charge in [0.25, 0.3) is 0 Å². The first-order valence-electron chi connectivity index (χ1n) is 4.55. The summed E-state index contributed by atoms with van der Waals surface area (Å²) in [5.74, 6) is -0.211. The first-order valence-corrected chi connectivity index (χ1v) is 4.55. The number of hydrogen-bond acceptors (Lipinski definition) is 2. The van der Waals surface area contributed by atoms with Crippen LogP contribution in [0.25, 0.3) is 0 Å². The highest BCUT2D eigenvalue weighted by atomic mass is 19.1. The van der Waals surface area contributed by atoms with Gasteiger partial charge in [-0.2, -0.15) is 0 Å². The minimum absolute atomic E-state index is 0.0227. The summed E-state index contributed by atoms with van der Waals surface area (Å²) in [4.78, 5) is 11.1. The zero-order chi connectivity index (χ0) is 10.1. The number of esters is 1. The SMILES string of the molecule is COC(=O)[C@H]1C[C@H]1c1ccc(F)cc1. The Morgan fingerprint density at radius 1 is 1.43 bits per heavy atom. The normalized spacial score (nSPS) is 24.4. The largest absolute Gasteiger partial charge is 0.469 e. The summed E-state index contributed by atoms with van der Waals surface area (Å²) in [6.07, 6.45) is 0.818. The fourth-order valence-electron chi connectivity index (χ4n) is 1.69. The molecule has 0 amide bonds. The van der Waals surface area contributed by atoms with Crippen LogP contribution in [-0.4, -0.2) is 13.1 Å². The third kappa shape index (κ3) is 1.62. The Balaban J connectivity index is 2.06. The second kappa shape index (κ2) is 3.40. The molecule has 0 unspecified atom stereocenters. The third-order valence-corrected chi connectivity index (χ3v) is 2.59. The zero-order valence-corrected chi connectivity index (χ0v) is 7.87. The Morgan fingerprint density at radius 3 is 2.64 bits per heavy atom. The van der Waals surface area contributed by atoms with Crippen molar-refractivity contribution in [3.63, 3.8) is 0 Å². The van der Waals surface area contributed by atoms with Crippen LogP contribution in [0.1, 0.15) is 17.9 Å². The van der Waals surface area contributed by atoms with Gasteiger partial charge in [-0.05, 0) is 30.0 Å². The Morgan fingerprint density at radius 2 is 2.07 bits per heavy atom. The first kappa shape index (κ1) is 9.19. The molecule has 0 bridgehead atoms. The van der Waals surface area contributed by atoms with Crippen LogP contribution in [0, 0.1) is 11.7 Å². The fraction of sp³-hybridized carbons (Fsp3) is 0.364. The van der Waals surface area contributed by atoms with Gasteiger partial charge in [-0.25, -0.2) is 4.39 Å². The quantitative estimate of drug-likeness (QED) is 0.674. The second-order valence-electron chi connectivity index (χ2n) is 3.52. The van der Waals surface area contributed by atoms with E-state index in [1.165, 1.54) is 19.2 Å². The molecule has 0 heterocycles. The Hall–Kier alpha value is -1.38. The molecule has 0 saturated heterocycles. The van der Waals surface area contributed by atoms with Gasteiger partial charge in [-0.3, -0.25) is 4.79 Å². The van der Waals surface area contributed by atoms with Crippen LogP contribution in [0.2, 0.25) is 0 Å². The molecule has 2 nitrogen and oxygen atoms in total. The van der Waals surface area contributed by atoms with Crippen LogP contribution in [0.4, 0.5) is 4.39 Å². The van der Waals surface area contributed by atoms with Gasteiger partial charge in [-0.15, -0.1) is 0 Å². The zero-order valence-electron chi connectivity index (χ0n) is 7.87. The summed E-state index contributed by atoms with van der Waals surface area (Å²) in [6, 6.07) is 6.29. The maximum Gasteiger partial charge on any atom is 0.309 e. The van der Waals surface area contributed by atoms with Crippen molar-refractivity contribution in [3.05, 3.63) is 35.6 Å². The lowest BCUT2D eigenvalue weighted by atomic mass is 10.1. The number of methoxy groups -OCH3 is 1. The van der Waals surface area contributed by atoms with Crippen LogP contribution in [0.15, 0.2) is 24.3 Å². The van der Waals surface area contributed by atoms with Gasteiger partial charge in [0, 0.05) is 0 Å². The molecule has 1 saturated carbocycles. The maximum absolute atomic E-state index is 12.6. The minimum Gasteiger partial charge on any atom is -0.469 e. The van der Waals surface area contributed by atoms with Crippen molar-refractivity contribution in [1.82, 2.24) is 0 Å². The molecule has 1 aromatic rings. The number of carbonyl (C=O) groups excluding carboxylic acids is 1. The van der Waals surface area contributed by atoms with Crippen molar-refractivity contribution < 1.29 is 13.9 Å². The summed E-state index contributed by atoms with van der Waals surface area (Å²) < 4.78 is 17.2. The highest BCUT2D eigenvalue weighted by Gasteiger charge is 2.44. The third-order valence-electron chi connectivity index (χ3n) is 2.59. The van der Waals surface area contributed by atoms with Crippen molar-refractivity contribution in [2.75, 3.05) is 7.11 Å². The fourth-order valence-corrected chi connectivity index (χ4v) is 1.69. The van der Waals surface area contributed by atoms with Gasteiger partial charge in [0.1, 0.15) is 5.82 Å². The highest BCUT2D eigenvalue weighted by molar-refractivity contribution is 5.77. The van der Waals surface area contributed by atoms with E-state index in [-0.39, 0.29) is 23.6 Å². The number of benzene rings is 1.